The number of piperazine rings is 1. The second-order valence-electron chi connectivity index (χ2n) is 7.13. The van der Waals surface area contributed by atoms with E-state index in [4.69, 9.17) is 0 Å². The molecular weight excluding hydrogens is 454 g/mol. The number of nitrogens with zero attached hydrogens (tertiary/aromatic N) is 2. The van der Waals surface area contributed by atoms with Gasteiger partial charge in [0.05, 0.1) is 10.9 Å². The molecule has 1 atom stereocenters. The Bertz CT molecular complexity index is 1050. The SMILES string of the molecule is CC(C(=O)Nc1cccc(F)c1)N1CCN(S(=O)(=O)c2ccc(OC(F)(F)F)cc2)CC1. The van der Waals surface area contributed by atoms with Crippen LogP contribution in [0, 0.1) is 5.82 Å². The maximum Gasteiger partial charge on any atom is 0.573 e. The van der Waals surface area contributed by atoms with Crippen LogP contribution in [0.15, 0.2) is 53.4 Å². The van der Waals surface area contributed by atoms with Gasteiger partial charge in [-0.2, -0.15) is 4.31 Å². The van der Waals surface area contributed by atoms with Gasteiger partial charge in [-0.1, -0.05) is 6.07 Å². The summed E-state index contributed by atoms with van der Waals surface area (Å²) in [7, 11) is -3.92. The monoisotopic (exact) mass is 475 g/mol. The van der Waals surface area contributed by atoms with Crippen molar-refractivity contribution in [3.05, 3.63) is 54.3 Å². The van der Waals surface area contributed by atoms with Gasteiger partial charge >= 0.3 is 6.36 Å². The van der Waals surface area contributed by atoms with Gasteiger partial charge in [0.25, 0.3) is 0 Å². The molecule has 12 heteroatoms. The van der Waals surface area contributed by atoms with Crippen molar-refractivity contribution in [3.8, 4) is 5.75 Å². The second kappa shape index (κ2) is 9.43. The van der Waals surface area contributed by atoms with Crippen molar-refractivity contribution >= 4 is 21.6 Å². The largest absolute Gasteiger partial charge is 0.573 e. The van der Waals surface area contributed by atoms with E-state index in [2.05, 4.69) is 10.1 Å². The molecule has 1 heterocycles. The van der Waals surface area contributed by atoms with Gasteiger partial charge in [-0.15, -0.1) is 13.2 Å². The number of amides is 1. The van der Waals surface area contributed by atoms with Crippen molar-refractivity contribution in [2.75, 3.05) is 31.5 Å². The molecule has 0 aromatic heterocycles. The van der Waals surface area contributed by atoms with Crippen LogP contribution >= 0.6 is 0 Å². The Balaban J connectivity index is 1.58. The van der Waals surface area contributed by atoms with Crippen molar-refractivity contribution in [1.29, 1.82) is 0 Å². The van der Waals surface area contributed by atoms with Crippen LogP contribution < -0.4 is 10.1 Å². The smallest absolute Gasteiger partial charge is 0.406 e. The number of carbonyl (C=O) groups is 1. The van der Waals surface area contributed by atoms with E-state index in [1.54, 1.807) is 17.9 Å². The highest BCUT2D eigenvalue weighted by Gasteiger charge is 2.33. The summed E-state index contributed by atoms with van der Waals surface area (Å²) in [6.45, 7) is 2.40. The minimum atomic E-state index is -4.87. The first-order chi connectivity index (χ1) is 15.0. The van der Waals surface area contributed by atoms with E-state index in [-0.39, 0.29) is 37.0 Å². The molecule has 3 rings (SSSR count). The predicted octanol–water partition coefficient (Wildman–Crippen LogP) is 3.06. The Labute approximate surface area is 182 Å². The summed E-state index contributed by atoms with van der Waals surface area (Å²) in [5.41, 5.74) is 0.320. The molecule has 32 heavy (non-hydrogen) atoms. The molecule has 7 nitrogen and oxygen atoms in total. The molecule has 1 saturated heterocycles. The molecule has 0 bridgehead atoms. The summed E-state index contributed by atoms with van der Waals surface area (Å²) in [5.74, 6) is -1.35. The van der Waals surface area contributed by atoms with Crippen molar-refractivity contribution in [2.45, 2.75) is 24.2 Å². The lowest BCUT2D eigenvalue weighted by Crippen LogP contribution is -2.53. The summed E-state index contributed by atoms with van der Waals surface area (Å²) >= 11 is 0. The van der Waals surface area contributed by atoms with Crippen molar-refractivity contribution in [2.24, 2.45) is 0 Å². The first-order valence-electron chi connectivity index (χ1n) is 9.62. The molecule has 1 N–H and O–H groups in total. The number of hydrogen-bond donors (Lipinski definition) is 1. The fraction of sp³-hybridized carbons (Fsp3) is 0.350. The average molecular weight is 475 g/mol. The zero-order valence-corrected chi connectivity index (χ0v) is 17.8. The van der Waals surface area contributed by atoms with Crippen molar-refractivity contribution in [3.63, 3.8) is 0 Å². The van der Waals surface area contributed by atoms with E-state index in [9.17, 15) is 30.8 Å². The summed E-state index contributed by atoms with van der Waals surface area (Å²) in [6, 6.07) is 8.89. The molecule has 1 aliphatic rings. The highest BCUT2D eigenvalue weighted by Crippen LogP contribution is 2.25. The second-order valence-corrected chi connectivity index (χ2v) is 9.07. The zero-order chi connectivity index (χ0) is 23.5. The van der Waals surface area contributed by atoms with E-state index in [1.807, 2.05) is 0 Å². The topological polar surface area (TPSA) is 79.0 Å². The summed E-state index contributed by atoms with van der Waals surface area (Å²) in [5, 5.41) is 2.62. The minimum absolute atomic E-state index is 0.0979. The van der Waals surface area contributed by atoms with Crippen LogP contribution in [0.2, 0.25) is 0 Å². The van der Waals surface area contributed by atoms with Crippen LogP contribution in [0.3, 0.4) is 0 Å². The minimum Gasteiger partial charge on any atom is -0.406 e. The van der Waals surface area contributed by atoms with Gasteiger partial charge in [0.15, 0.2) is 0 Å². The van der Waals surface area contributed by atoms with Crippen LogP contribution in [-0.2, 0) is 14.8 Å². The quantitative estimate of drug-likeness (QED) is 0.650. The summed E-state index contributed by atoms with van der Waals surface area (Å²) < 4.78 is 80.6. The predicted molar refractivity (Wildman–Crippen MR) is 108 cm³/mol. The van der Waals surface area contributed by atoms with E-state index in [0.717, 1.165) is 24.3 Å². The number of nitrogens with one attached hydrogen (secondary N) is 1. The van der Waals surface area contributed by atoms with E-state index in [1.165, 1.54) is 22.5 Å². The number of rotatable bonds is 6. The Hall–Kier alpha value is -2.70. The molecule has 1 aliphatic heterocycles. The van der Waals surface area contributed by atoms with Gasteiger partial charge in [-0.3, -0.25) is 9.69 Å². The average Bonchev–Trinajstić information content (AvgIpc) is 2.72. The standard InChI is InChI=1S/C20H21F4N3O4S/c1-14(19(28)25-16-4-2-3-15(21)13-16)26-9-11-27(12-10-26)32(29,30)18-7-5-17(6-8-18)31-20(22,23)24/h2-8,13-14H,9-12H2,1H3,(H,25,28). The number of benzene rings is 2. The Morgan fingerprint density at radius 1 is 1.06 bits per heavy atom. The number of ether oxygens (including phenoxy) is 1. The normalized spacial score (nSPS) is 17.0. The Morgan fingerprint density at radius 2 is 1.69 bits per heavy atom. The third-order valence-corrected chi connectivity index (χ3v) is 6.90. The molecular formula is C20H21F4N3O4S. The number of hydrogen-bond acceptors (Lipinski definition) is 5. The number of anilines is 1. The van der Waals surface area contributed by atoms with Crippen molar-refractivity contribution < 1.29 is 35.5 Å². The van der Waals surface area contributed by atoms with Crippen LogP contribution in [0.25, 0.3) is 0 Å². The van der Waals surface area contributed by atoms with Gasteiger partial charge in [0, 0.05) is 31.9 Å². The van der Waals surface area contributed by atoms with Crippen LogP contribution in [0.5, 0.6) is 5.75 Å². The first-order valence-corrected chi connectivity index (χ1v) is 11.1. The fourth-order valence-corrected chi connectivity index (χ4v) is 4.69. The Kier molecular flexibility index (Phi) is 7.06. The van der Waals surface area contributed by atoms with Gasteiger partial charge < -0.3 is 10.1 Å². The van der Waals surface area contributed by atoms with E-state index in [0.29, 0.717) is 5.69 Å². The molecule has 0 spiro atoms. The lowest BCUT2D eigenvalue weighted by atomic mass is 10.2. The number of alkyl halides is 3. The van der Waals surface area contributed by atoms with E-state index >= 15 is 0 Å². The third kappa shape index (κ3) is 5.96. The molecule has 0 aliphatic carbocycles. The van der Waals surface area contributed by atoms with Gasteiger partial charge in [-0.05, 0) is 49.4 Å². The maximum atomic E-state index is 13.3. The zero-order valence-electron chi connectivity index (χ0n) is 17.0. The number of halogens is 4. The molecule has 0 saturated carbocycles. The highest BCUT2D eigenvalue weighted by atomic mass is 32.2. The third-order valence-electron chi connectivity index (χ3n) is 4.99. The Morgan fingerprint density at radius 3 is 2.25 bits per heavy atom. The molecule has 2 aromatic rings. The van der Waals surface area contributed by atoms with Crippen LogP contribution in [0.4, 0.5) is 23.2 Å². The van der Waals surface area contributed by atoms with Crippen LogP contribution in [0.1, 0.15) is 6.92 Å². The number of sulfonamides is 1. The molecule has 1 unspecified atom stereocenters. The van der Waals surface area contributed by atoms with Gasteiger partial charge in [-0.25, -0.2) is 12.8 Å². The molecule has 1 fully saturated rings. The lowest BCUT2D eigenvalue weighted by molar-refractivity contribution is -0.274. The number of carbonyl (C=O) groups excluding carboxylic acids is 1. The van der Waals surface area contributed by atoms with Gasteiger partial charge in [0.2, 0.25) is 15.9 Å². The van der Waals surface area contributed by atoms with E-state index < -0.39 is 34.0 Å². The summed E-state index contributed by atoms with van der Waals surface area (Å²) in [6.07, 6.45) is -4.87. The van der Waals surface area contributed by atoms with Crippen LogP contribution in [-0.4, -0.2) is 62.1 Å². The first kappa shape index (κ1) is 24.0. The molecule has 0 radical (unpaired) electrons. The molecule has 174 valence electrons. The summed E-state index contributed by atoms with van der Waals surface area (Å²) in [4.78, 5) is 14.1. The molecule has 2 aromatic carbocycles. The fourth-order valence-electron chi connectivity index (χ4n) is 3.27. The maximum absolute atomic E-state index is 13.3. The molecule has 1 amide bonds. The highest BCUT2D eigenvalue weighted by molar-refractivity contribution is 7.89. The lowest BCUT2D eigenvalue weighted by Gasteiger charge is -2.36. The van der Waals surface area contributed by atoms with Crippen molar-refractivity contribution in [1.82, 2.24) is 9.21 Å². The van der Waals surface area contributed by atoms with Gasteiger partial charge in [0.1, 0.15) is 11.6 Å².